The molecule has 5 nitrogen and oxygen atoms in total. The zero-order chi connectivity index (χ0) is 17.6. The number of hydrogen-bond acceptors (Lipinski definition) is 5. The van der Waals surface area contributed by atoms with Gasteiger partial charge in [0.1, 0.15) is 11.5 Å². The Morgan fingerprint density at radius 2 is 1.46 bits per heavy atom. The van der Waals surface area contributed by atoms with E-state index in [1.807, 2.05) is 48.5 Å². The van der Waals surface area contributed by atoms with Gasteiger partial charge in [0.15, 0.2) is 0 Å². The van der Waals surface area contributed by atoms with E-state index < -0.39 is 0 Å². The van der Waals surface area contributed by atoms with Crippen LogP contribution in [0.15, 0.2) is 73.1 Å². The first-order valence-corrected chi connectivity index (χ1v) is 8.93. The van der Waals surface area contributed by atoms with Crippen LogP contribution in [0.3, 0.4) is 0 Å². The largest absolute Gasteiger partial charge is 0.457 e. The lowest BCUT2D eigenvalue weighted by Gasteiger charge is -2.34. The van der Waals surface area contributed by atoms with Crippen LogP contribution in [0, 0.1) is 0 Å². The summed E-state index contributed by atoms with van der Waals surface area (Å²) in [5.41, 5.74) is 1.21. The van der Waals surface area contributed by atoms with Crippen LogP contribution in [0.25, 0.3) is 0 Å². The number of rotatable bonds is 5. The van der Waals surface area contributed by atoms with Crippen molar-refractivity contribution in [3.05, 3.63) is 78.6 Å². The van der Waals surface area contributed by atoms with E-state index in [1.165, 1.54) is 5.56 Å². The van der Waals surface area contributed by atoms with Gasteiger partial charge in [-0.05, 0) is 24.3 Å². The van der Waals surface area contributed by atoms with Gasteiger partial charge in [-0.25, -0.2) is 9.97 Å². The van der Waals surface area contributed by atoms with Gasteiger partial charge >= 0.3 is 0 Å². The number of hydrogen-bond donors (Lipinski definition) is 0. The van der Waals surface area contributed by atoms with Crippen LogP contribution in [0.4, 0.5) is 5.95 Å². The Hall–Kier alpha value is -2.92. The van der Waals surface area contributed by atoms with Crippen molar-refractivity contribution in [2.45, 2.75) is 6.54 Å². The highest BCUT2D eigenvalue weighted by Crippen LogP contribution is 2.26. The number of nitrogens with zero attached hydrogens (tertiary/aromatic N) is 4. The van der Waals surface area contributed by atoms with Crippen molar-refractivity contribution in [3.8, 4) is 11.5 Å². The first-order chi connectivity index (χ1) is 12.9. The van der Waals surface area contributed by atoms with E-state index >= 15 is 0 Å². The second-order valence-corrected chi connectivity index (χ2v) is 6.33. The van der Waals surface area contributed by atoms with Crippen molar-refractivity contribution in [2.75, 3.05) is 31.1 Å². The maximum absolute atomic E-state index is 6.08. The fourth-order valence-electron chi connectivity index (χ4n) is 3.15. The van der Waals surface area contributed by atoms with Crippen LogP contribution in [0.1, 0.15) is 5.56 Å². The van der Waals surface area contributed by atoms with Crippen molar-refractivity contribution < 1.29 is 4.74 Å². The monoisotopic (exact) mass is 346 g/mol. The molecular weight excluding hydrogens is 324 g/mol. The van der Waals surface area contributed by atoms with Gasteiger partial charge in [0.2, 0.25) is 5.95 Å². The Morgan fingerprint density at radius 1 is 0.769 bits per heavy atom. The summed E-state index contributed by atoms with van der Waals surface area (Å²) >= 11 is 0. The van der Waals surface area contributed by atoms with Crippen LogP contribution in [-0.2, 0) is 6.54 Å². The third kappa shape index (κ3) is 4.00. The molecule has 2 aromatic carbocycles. The molecule has 0 radical (unpaired) electrons. The summed E-state index contributed by atoms with van der Waals surface area (Å²) in [5.74, 6) is 2.61. The molecule has 5 heteroatoms. The second-order valence-electron chi connectivity index (χ2n) is 6.33. The van der Waals surface area contributed by atoms with Crippen molar-refractivity contribution in [2.24, 2.45) is 0 Å². The SMILES string of the molecule is c1ccc(Oc2ccccc2CN2CCN(c3ncccn3)CC2)cc1. The van der Waals surface area contributed by atoms with Gasteiger partial charge in [-0.2, -0.15) is 0 Å². The Morgan fingerprint density at radius 3 is 2.23 bits per heavy atom. The summed E-state index contributed by atoms with van der Waals surface area (Å²) in [5, 5.41) is 0. The summed E-state index contributed by atoms with van der Waals surface area (Å²) < 4.78 is 6.08. The standard InChI is InChI=1S/C21H22N4O/c1-2-8-19(9-3-1)26-20-10-5-4-7-18(20)17-24-13-15-25(16-14-24)21-22-11-6-12-23-21/h1-12H,13-17H2. The van der Waals surface area contributed by atoms with Crippen LogP contribution in [0.5, 0.6) is 11.5 Å². The molecule has 1 fully saturated rings. The lowest BCUT2D eigenvalue weighted by Crippen LogP contribution is -2.46. The average Bonchev–Trinajstić information content (AvgIpc) is 2.72. The third-order valence-corrected chi connectivity index (χ3v) is 4.54. The molecule has 26 heavy (non-hydrogen) atoms. The van der Waals surface area contributed by atoms with E-state index in [9.17, 15) is 0 Å². The number of para-hydroxylation sites is 2. The highest BCUT2D eigenvalue weighted by molar-refractivity contribution is 5.38. The van der Waals surface area contributed by atoms with Crippen LogP contribution < -0.4 is 9.64 Å². The predicted octanol–water partition coefficient (Wildman–Crippen LogP) is 3.59. The van der Waals surface area contributed by atoms with Gasteiger partial charge in [-0.15, -0.1) is 0 Å². The molecular formula is C21H22N4O. The molecule has 0 spiro atoms. The topological polar surface area (TPSA) is 41.5 Å². The Kier molecular flexibility index (Phi) is 5.07. The van der Waals surface area contributed by atoms with E-state index in [0.717, 1.165) is 50.2 Å². The molecule has 0 amide bonds. The van der Waals surface area contributed by atoms with E-state index in [2.05, 4.69) is 31.9 Å². The highest BCUT2D eigenvalue weighted by atomic mass is 16.5. The van der Waals surface area contributed by atoms with Gasteiger partial charge in [0.05, 0.1) is 0 Å². The molecule has 1 aliphatic heterocycles. The zero-order valence-electron chi connectivity index (χ0n) is 14.7. The molecule has 1 aromatic heterocycles. The zero-order valence-corrected chi connectivity index (χ0v) is 14.7. The minimum absolute atomic E-state index is 0.819. The molecule has 0 saturated carbocycles. The molecule has 1 aliphatic rings. The number of aromatic nitrogens is 2. The fraction of sp³-hybridized carbons (Fsp3) is 0.238. The minimum atomic E-state index is 0.819. The van der Waals surface area contributed by atoms with Gasteiger partial charge < -0.3 is 9.64 Å². The van der Waals surface area contributed by atoms with Crippen molar-refractivity contribution in [3.63, 3.8) is 0 Å². The van der Waals surface area contributed by atoms with Gasteiger partial charge in [0, 0.05) is 50.7 Å². The number of ether oxygens (including phenoxy) is 1. The predicted molar refractivity (Wildman–Crippen MR) is 102 cm³/mol. The van der Waals surface area contributed by atoms with Crippen LogP contribution >= 0.6 is 0 Å². The Balaban J connectivity index is 1.39. The normalized spacial score (nSPS) is 15.0. The van der Waals surface area contributed by atoms with Gasteiger partial charge in [-0.1, -0.05) is 36.4 Å². The maximum Gasteiger partial charge on any atom is 0.225 e. The fourth-order valence-corrected chi connectivity index (χ4v) is 3.15. The number of anilines is 1. The smallest absolute Gasteiger partial charge is 0.225 e. The first-order valence-electron chi connectivity index (χ1n) is 8.93. The summed E-state index contributed by atoms with van der Waals surface area (Å²) in [7, 11) is 0. The summed E-state index contributed by atoms with van der Waals surface area (Å²) in [6.45, 7) is 4.72. The van der Waals surface area contributed by atoms with E-state index in [0.29, 0.717) is 0 Å². The molecule has 0 bridgehead atoms. The maximum atomic E-state index is 6.08. The lowest BCUT2D eigenvalue weighted by atomic mass is 10.1. The summed E-state index contributed by atoms with van der Waals surface area (Å²) in [6, 6.07) is 20.1. The van der Waals surface area contributed by atoms with Crippen LogP contribution in [-0.4, -0.2) is 41.0 Å². The molecule has 2 heterocycles. The molecule has 1 saturated heterocycles. The second kappa shape index (κ2) is 7.97. The molecule has 0 unspecified atom stereocenters. The molecule has 0 N–H and O–H groups in total. The molecule has 132 valence electrons. The molecule has 4 rings (SSSR count). The quantitative estimate of drug-likeness (QED) is 0.706. The summed E-state index contributed by atoms with van der Waals surface area (Å²) in [6.07, 6.45) is 3.59. The third-order valence-electron chi connectivity index (χ3n) is 4.54. The molecule has 0 aliphatic carbocycles. The van der Waals surface area contributed by atoms with Crippen LogP contribution in [0.2, 0.25) is 0 Å². The molecule has 0 atom stereocenters. The van der Waals surface area contributed by atoms with E-state index in [4.69, 9.17) is 4.74 Å². The Labute approximate surface area is 153 Å². The number of benzene rings is 2. The lowest BCUT2D eigenvalue weighted by molar-refractivity contribution is 0.246. The highest BCUT2D eigenvalue weighted by Gasteiger charge is 2.19. The van der Waals surface area contributed by atoms with Gasteiger partial charge in [-0.3, -0.25) is 4.90 Å². The Bertz CT molecular complexity index is 818. The minimum Gasteiger partial charge on any atom is -0.457 e. The molecule has 3 aromatic rings. The van der Waals surface area contributed by atoms with Crippen molar-refractivity contribution >= 4 is 5.95 Å². The van der Waals surface area contributed by atoms with E-state index in [1.54, 1.807) is 12.4 Å². The average molecular weight is 346 g/mol. The van der Waals surface area contributed by atoms with Crippen molar-refractivity contribution in [1.29, 1.82) is 0 Å². The van der Waals surface area contributed by atoms with E-state index in [-0.39, 0.29) is 0 Å². The van der Waals surface area contributed by atoms with Gasteiger partial charge in [0.25, 0.3) is 0 Å². The summed E-state index contributed by atoms with van der Waals surface area (Å²) in [4.78, 5) is 13.4. The first kappa shape index (κ1) is 16.5. The van der Waals surface area contributed by atoms with Crippen molar-refractivity contribution in [1.82, 2.24) is 14.9 Å². The number of piperazine rings is 1.